The molecule has 0 unspecified atom stereocenters. The molecule has 0 saturated carbocycles. The molecule has 0 radical (unpaired) electrons. The Morgan fingerprint density at radius 1 is 1.00 bits per heavy atom. The van der Waals surface area contributed by atoms with Crippen LogP contribution >= 0.6 is 0 Å². The normalized spacial score (nSPS) is 14.9. The zero-order valence-corrected chi connectivity index (χ0v) is 15.3. The molecule has 0 spiro atoms. The van der Waals surface area contributed by atoms with Gasteiger partial charge in [0.25, 0.3) is 0 Å². The molecule has 8 heteroatoms. The first-order valence-electron chi connectivity index (χ1n) is 8.95. The molecule has 2 heterocycles. The first kappa shape index (κ1) is 18.5. The molecule has 1 aliphatic heterocycles. The van der Waals surface area contributed by atoms with Gasteiger partial charge >= 0.3 is 11.9 Å². The van der Waals surface area contributed by atoms with Crippen LogP contribution in [0.2, 0.25) is 0 Å². The Labute approximate surface area is 159 Å². The highest BCUT2D eigenvalue weighted by Gasteiger charge is 2.30. The minimum atomic E-state index is -4.41. The Hall–Kier alpha value is -2.87. The van der Waals surface area contributed by atoms with Crippen molar-refractivity contribution in [2.45, 2.75) is 32.7 Å². The molecule has 0 N–H and O–H groups in total. The summed E-state index contributed by atoms with van der Waals surface area (Å²) < 4.78 is 41.0. The smallest absolute Gasteiger partial charge is 0.290 e. The third kappa shape index (κ3) is 3.60. The number of fused-ring (bicyclic) bond motifs is 1. The van der Waals surface area contributed by atoms with E-state index in [-0.39, 0.29) is 5.69 Å². The predicted molar refractivity (Wildman–Crippen MR) is 98.1 cm³/mol. The van der Waals surface area contributed by atoms with Gasteiger partial charge in [0.05, 0.1) is 17.8 Å². The van der Waals surface area contributed by atoms with Crippen LogP contribution in [0, 0.1) is 6.92 Å². The largest absolute Gasteiger partial charge is 0.416 e. The van der Waals surface area contributed by atoms with Crippen LogP contribution in [0.15, 0.2) is 53.3 Å². The number of hydrogen-bond acceptors (Lipinski definition) is 3. The van der Waals surface area contributed by atoms with Gasteiger partial charge in [0.2, 0.25) is 0 Å². The molecule has 0 atom stereocenters. The van der Waals surface area contributed by atoms with E-state index in [0.29, 0.717) is 31.1 Å². The lowest BCUT2D eigenvalue weighted by molar-refractivity contribution is -0.137. The summed E-state index contributed by atoms with van der Waals surface area (Å²) in [7, 11) is 0. The molecule has 28 heavy (non-hydrogen) atoms. The summed E-state index contributed by atoms with van der Waals surface area (Å²) in [6, 6.07) is 12.8. The van der Waals surface area contributed by atoms with Crippen LogP contribution in [0.4, 0.5) is 13.2 Å². The van der Waals surface area contributed by atoms with Crippen molar-refractivity contribution in [2.75, 3.05) is 6.54 Å². The van der Waals surface area contributed by atoms with Gasteiger partial charge in [-0.15, -0.1) is 5.10 Å². The number of hydrogen-bond donors (Lipinski definition) is 0. The summed E-state index contributed by atoms with van der Waals surface area (Å²) in [5.41, 5.74) is 1.63. The zero-order valence-electron chi connectivity index (χ0n) is 15.3. The van der Waals surface area contributed by atoms with E-state index in [1.165, 1.54) is 27.9 Å². The van der Waals surface area contributed by atoms with E-state index in [2.05, 4.69) is 34.3 Å². The van der Waals surface area contributed by atoms with E-state index >= 15 is 0 Å². The maximum atomic E-state index is 12.7. The Morgan fingerprint density at radius 2 is 1.68 bits per heavy atom. The van der Waals surface area contributed by atoms with E-state index < -0.39 is 11.7 Å². The Bertz CT molecular complexity index is 1030. The van der Waals surface area contributed by atoms with Crippen LogP contribution in [-0.4, -0.2) is 25.8 Å². The van der Waals surface area contributed by atoms with Crippen LogP contribution in [0.1, 0.15) is 22.5 Å². The van der Waals surface area contributed by atoms with Crippen LogP contribution in [0.3, 0.4) is 0 Å². The number of rotatable bonds is 3. The second-order valence-electron chi connectivity index (χ2n) is 7.00. The molecule has 146 valence electrons. The molecule has 0 aliphatic carbocycles. The summed E-state index contributed by atoms with van der Waals surface area (Å²) >= 11 is 0. The van der Waals surface area contributed by atoms with E-state index in [4.69, 9.17) is 0 Å². The molecule has 2 aromatic carbocycles. The summed E-state index contributed by atoms with van der Waals surface area (Å²) in [5, 5.41) is 4.36. The number of benzene rings is 2. The number of alkyl halides is 3. The van der Waals surface area contributed by atoms with Crippen molar-refractivity contribution in [3.8, 4) is 5.69 Å². The average molecular weight is 388 g/mol. The maximum Gasteiger partial charge on any atom is 0.416 e. The van der Waals surface area contributed by atoms with Crippen LogP contribution < -0.4 is 5.69 Å². The van der Waals surface area contributed by atoms with Gasteiger partial charge in [0, 0.05) is 19.6 Å². The average Bonchev–Trinajstić information content (AvgIpc) is 2.99. The second-order valence-corrected chi connectivity index (χ2v) is 7.00. The van der Waals surface area contributed by atoms with Crippen molar-refractivity contribution in [1.82, 2.24) is 19.2 Å². The van der Waals surface area contributed by atoms with Crippen molar-refractivity contribution in [2.24, 2.45) is 0 Å². The fourth-order valence-corrected chi connectivity index (χ4v) is 3.35. The van der Waals surface area contributed by atoms with Crippen LogP contribution in [0.25, 0.3) is 5.69 Å². The molecule has 1 aliphatic rings. The minimum absolute atomic E-state index is 0.324. The summed E-state index contributed by atoms with van der Waals surface area (Å²) in [4.78, 5) is 14.8. The van der Waals surface area contributed by atoms with Gasteiger partial charge in [-0.3, -0.25) is 9.47 Å². The maximum absolute atomic E-state index is 12.7. The molecule has 3 aromatic rings. The highest BCUT2D eigenvalue weighted by Crippen LogP contribution is 2.29. The van der Waals surface area contributed by atoms with Gasteiger partial charge in [0.1, 0.15) is 5.82 Å². The van der Waals surface area contributed by atoms with E-state index in [1.54, 1.807) is 4.57 Å². The fraction of sp³-hybridized carbons (Fsp3) is 0.300. The second kappa shape index (κ2) is 6.94. The quantitative estimate of drug-likeness (QED) is 0.691. The van der Waals surface area contributed by atoms with Crippen molar-refractivity contribution in [3.63, 3.8) is 0 Å². The van der Waals surface area contributed by atoms with Gasteiger partial charge in [0.15, 0.2) is 0 Å². The lowest BCUT2D eigenvalue weighted by Gasteiger charge is -2.26. The number of aryl methyl sites for hydroxylation is 1. The Balaban J connectivity index is 1.55. The zero-order chi connectivity index (χ0) is 19.9. The summed E-state index contributed by atoms with van der Waals surface area (Å²) in [5.74, 6) is 0.614. The van der Waals surface area contributed by atoms with Crippen molar-refractivity contribution in [1.29, 1.82) is 0 Å². The third-order valence-corrected chi connectivity index (χ3v) is 4.91. The lowest BCUT2D eigenvalue weighted by Crippen LogP contribution is -2.37. The molecule has 0 fully saturated rings. The highest BCUT2D eigenvalue weighted by atomic mass is 19.4. The predicted octanol–water partition coefficient (Wildman–Crippen LogP) is 3.38. The summed E-state index contributed by atoms with van der Waals surface area (Å²) in [6.07, 6.45) is -4.41. The molecule has 5 nitrogen and oxygen atoms in total. The topological polar surface area (TPSA) is 43.1 Å². The van der Waals surface area contributed by atoms with Gasteiger partial charge in [-0.1, -0.05) is 29.8 Å². The first-order chi connectivity index (χ1) is 13.3. The molecule has 4 rings (SSSR count). The summed E-state index contributed by atoms with van der Waals surface area (Å²) in [6.45, 7) is 4.51. The van der Waals surface area contributed by atoms with Gasteiger partial charge in [-0.25, -0.2) is 4.79 Å². The Kier molecular flexibility index (Phi) is 4.58. The monoisotopic (exact) mass is 388 g/mol. The van der Waals surface area contributed by atoms with Crippen molar-refractivity contribution >= 4 is 0 Å². The van der Waals surface area contributed by atoms with E-state index in [1.807, 2.05) is 6.92 Å². The van der Waals surface area contributed by atoms with Gasteiger partial charge in [-0.2, -0.15) is 17.9 Å². The van der Waals surface area contributed by atoms with Crippen LogP contribution in [-0.2, 0) is 25.8 Å². The standard InChI is InChI=1S/C20H19F3N4O/c1-14-2-4-15(5-3-14)12-25-10-11-26-18(13-25)24-27(19(26)28)17-8-6-16(7-9-17)20(21,22)23/h2-9H,10-13H2,1H3. The van der Waals surface area contributed by atoms with Gasteiger partial charge in [-0.05, 0) is 36.8 Å². The fourth-order valence-electron chi connectivity index (χ4n) is 3.35. The lowest BCUT2D eigenvalue weighted by atomic mass is 10.1. The van der Waals surface area contributed by atoms with E-state index in [9.17, 15) is 18.0 Å². The first-order valence-corrected chi connectivity index (χ1v) is 8.95. The molecule has 0 amide bonds. The molecule has 0 saturated heterocycles. The molecule has 0 bridgehead atoms. The van der Waals surface area contributed by atoms with Gasteiger partial charge < -0.3 is 0 Å². The van der Waals surface area contributed by atoms with Crippen molar-refractivity contribution < 1.29 is 13.2 Å². The SMILES string of the molecule is Cc1ccc(CN2CCn3c(nn(-c4ccc(C(F)(F)F)cc4)c3=O)C2)cc1. The molecular weight excluding hydrogens is 369 g/mol. The minimum Gasteiger partial charge on any atom is -0.290 e. The number of halogens is 3. The van der Waals surface area contributed by atoms with Crippen molar-refractivity contribution in [3.05, 3.63) is 81.5 Å². The molecular formula is C20H19F3N4O. The molecule has 1 aromatic heterocycles. The number of aromatic nitrogens is 3. The third-order valence-electron chi connectivity index (χ3n) is 4.91. The van der Waals surface area contributed by atoms with Crippen LogP contribution in [0.5, 0.6) is 0 Å². The highest BCUT2D eigenvalue weighted by molar-refractivity contribution is 5.34. The Morgan fingerprint density at radius 3 is 2.32 bits per heavy atom. The van der Waals surface area contributed by atoms with E-state index in [0.717, 1.165) is 18.7 Å². The number of nitrogens with zero attached hydrogens (tertiary/aromatic N) is 4.